The second-order valence-corrected chi connectivity index (χ2v) is 6.86. The first kappa shape index (κ1) is 17.6. The van der Waals surface area contributed by atoms with Gasteiger partial charge < -0.3 is 14.2 Å². The summed E-state index contributed by atoms with van der Waals surface area (Å²) >= 11 is 5.95. The van der Waals surface area contributed by atoms with Crippen molar-refractivity contribution in [3.05, 3.63) is 70.9 Å². The number of nitrogens with zero attached hydrogens (tertiary/aromatic N) is 2. The molecule has 1 aliphatic heterocycles. The van der Waals surface area contributed by atoms with Crippen molar-refractivity contribution in [1.82, 2.24) is 10.1 Å². The van der Waals surface area contributed by atoms with Crippen LogP contribution in [-0.2, 0) is 17.8 Å². The number of carbonyl (C=O) groups is 1. The van der Waals surface area contributed by atoms with Crippen molar-refractivity contribution in [3.8, 4) is 17.1 Å². The van der Waals surface area contributed by atoms with Crippen LogP contribution < -0.4 is 4.74 Å². The van der Waals surface area contributed by atoms with Gasteiger partial charge in [-0.25, -0.2) is 0 Å². The van der Waals surface area contributed by atoms with E-state index in [2.05, 4.69) is 5.16 Å². The maximum absolute atomic E-state index is 12.5. The summed E-state index contributed by atoms with van der Waals surface area (Å²) in [7, 11) is 0. The molecule has 0 aliphatic carbocycles. The Morgan fingerprint density at radius 2 is 1.93 bits per heavy atom. The van der Waals surface area contributed by atoms with E-state index in [1.165, 1.54) is 0 Å². The second kappa shape index (κ2) is 7.84. The summed E-state index contributed by atoms with van der Waals surface area (Å²) in [5, 5.41) is 4.86. The second-order valence-electron chi connectivity index (χ2n) is 6.42. The maximum Gasteiger partial charge on any atom is 0.226 e. The minimum Gasteiger partial charge on any atom is -0.493 e. The molecule has 3 aromatic rings. The molecule has 0 saturated heterocycles. The molecule has 1 amide bonds. The number of benzene rings is 2. The van der Waals surface area contributed by atoms with Gasteiger partial charge in [-0.2, -0.15) is 0 Å². The van der Waals surface area contributed by atoms with E-state index in [0.717, 1.165) is 34.8 Å². The lowest BCUT2D eigenvalue weighted by Crippen LogP contribution is -2.36. The molecule has 0 unspecified atom stereocenters. The Morgan fingerprint density at radius 1 is 1.15 bits per heavy atom. The first-order chi connectivity index (χ1) is 13.2. The van der Waals surface area contributed by atoms with Crippen molar-refractivity contribution < 1.29 is 14.1 Å². The smallest absolute Gasteiger partial charge is 0.226 e. The molecule has 2 heterocycles. The maximum atomic E-state index is 12.5. The molecule has 138 valence electrons. The summed E-state index contributed by atoms with van der Waals surface area (Å²) in [5.74, 6) is 1.60. The predicted molar refractivity (Wildman–Crippen MR) is 103 cm³/mol. The average molecular weight is 383 g/mol. The van der Waals surface area contributed by atoms with Gasteiger partial charge in [-0.3, -0.25) is 4.79 Å². The van der Waals surface area contributed by atoms with E-state index >= 15 is 0 Å². The topological polar surface area (TPSA) is 55.6 Å². The van der Waals surface area contributed by atoms with Crippen molar-refractivity contribution in [2.45, 2.75) is 19.4 Å². The van der Waals surface area contributed by atoms with Crippen LogP contribution in [0, 0.1) is 0 Å². The molecule has 1 aromatic heterocycles. The largest absolute Gasteiger partial charge is 0.493 e. The minimum atomic E-state index is 0.0626. The zero-order valence-corrected chi connectivity index (χ0v) is 15.5. The fourth-order valence-corrected chi connectivity index (χ4v) is 3.33. The van der Waals surface area contributed by atoms with E-state index in [1.807, 2.05) is 59.5 Å². The summed E-state index contributed by atoms with van der Waals surface area (Å²) < 4.78 is 11.2. The van der Waals surface area contributed by atoms with Crippen LogP contribution in [-0.4, -0.2) is 29.1 Å². The van der Waals surface area contributed by atoms with Gasteiger partial charge in [-0.05, 0) is 42.8 Å². The molecular weight excluding hydrogens is 364 g/mol. The molecular formula is C21H19ClN2O3. The van der Waals surface area contributed by atoms with Crippen LogP contribution in [0.4, 0.5) is 0 Å². The Hall–Kier alpha value is -2.79. The highest BCUT2D eigenvalue weighted by Gasteiger charge is 2.27. The highest BCUT2D eigenvalue weighted by atomic mass is 35.5. The molecule has 6 heteroatoms. The van der Waals surface area contributed by atoms with Gasteiger partial charge in [0, 0.05) is 22.7 Å². The molecule has 1 aliphatic rings. The molecule has 0 N–H and O–H groups in total. The van der Waals surface area contributed by atoms with E-state index in [4.69, 9.17) is 20.9 Å². The van der Waals surface area contributed by atoms with Gasteiger partial charge in [0.2, 0.25) is 5.91 Å². The molecule has 5 nitrogen and oxygen atoms in total. The molecule has 2 aromatic carbocycles. The Balaban J connectivity index is 1.37. The third kappa shape index (κ3) is 3.98. The van der Waals surface area contributed by atoms with Crippen LogP contribution >= 0.6 is 11.6 Å². The molecule has 0 bridgehead atoms. The van der Waals surface area contributed by atoms with Crippen LogP contribution in [0.5, 0.6) is 5.75 Å². The number of halogens is 1. The highest BCUT2D eigenvalue weighted by Crippen LogP contribution is 2.31. The van der Waals surface area contributed by atoms with Gasteiger partial charge in [-0.1, -0.05) is 35.0 Å². The molecule has 0 saturated carbocycles. The standard InChI is InChI=1S/C21H19ClN2O3/c22-16-8-6-15(7-9-16)21-18-10-12-24(14-19(18)23-27-21)20(25)11-13-26-17-4-2-1-3-5-17/h1-9H,10-14H2. The monoisotopic (exact) mass is 382 g/mol. The number of rotatable bonds is 5. The van der Waals surface area contributed by atoms with E-state index in [9.17, 15) is 4.79 Å². The average Bonchev–Trinajstić information content (AvgIpc) is 3.12. The van der Waals surface area contributed by atoms with Crippen molar-refractivity contribution in [3.63, 3.8) is 0 Å². The first-order valence-electron chi connectivity index (χ1n) is 8.89. The summed E-state index contributed by atoms with van der Waals surface area (Å²) in [6.45, 7) is 1.48. The van der Waals surface area contributed by atoms with Gasteiger partial charge in [0.15, 0.2) is 5.76 Å². The molecule has 0 fully saturated rings. The van der Waals surface area contributed by atoms with Crippen LogP contribution in [0.3, 0.4) is 0 Å². The van der Waals surface area contributed by atoms with Gasteiger partial charge in [0.05, 0.1) is 19.6 Å². The first-order valence-corrected chi connectivity index (χ1v) is 9.27. The van der Waals surface area contributed by atoms with Crippen LogP contribution in [0.1, 0.15) is 17.7 Å². The highest BCUT2D eigenvalue weighted by molar-refractivity contribution is 6.30. The van der Waals surface area contributed by atoms with Crippen LogP contribution in [0.2, 0.25) is 5.02 Å². The molecule has 0 radical (unpaired) electrons. The molecule has 4 rings (SSSR count). The third-order valence-electron chi connectivity index (χ3n) is 4.63. The summed E-state index contributed by atoms with van der Waals surface area (Å²) in [6, 6.07) is 17.0. The minimum absolute atomic E-state index is 0.0626. The lowest BCUT2D eigenvalue weighted by atomic mass is 10.0. The number of ether oxygens (including phenoxy) is 1. The van der Waals surface area contributed by atoms with E-state index in [-0.39, 0.29) is 5.91 Å². The Labute approximate surface area is 162 Å². The quantitative estimate of drug-likeness (QED) is 0.658. The van der Waals surface area contributed by atoms with Crippen LogP contribution in [0.25, 0.3) is 11.3 Å². The summed E-state index contributed by atoms with van der Waals surface area (Å²) in [6.07, 6.45) is 1.06. The van der Waals surface area contributed by atoms with Crippen LogP contribution in [0.15, 0.2) is 59.1 Å². The molecule has 0 spiro atoms. The van der Waals surface area contributed by atoms with Gasteiger partial charge >= 0.3 is 0 Å². The lowest BCUT2D eigenvalue weighted by molar-refractivity contribution is -0.132. The number of hydrogen-bond donors (Lipinski definition) is 0. The van der Waals surface area contributed by atoms with Crippen molar-refractivity contribution in [1.29, 1.82) is 0 Å². The summed E-state index contributed by atoms with van der Waals surface area (Å²) in [5.41, 5.74) is 2.84. The third-order valence-corrected chi connectivity index (χ3v) is 4.88. The van der Waals surface area contributed by atoms with Gasteiger partial charge in [0.1, 0.15) is 11.4 Å². The molecule has 0 atom stereocenters. The number of hydrogen-bond acceptors (Lipinski definition) is 4. The van der Waals surface area contributed by atoms with Crippen molar-refractivity contribution in [2.24, 2.45) is 0 Å². The van der Waals surface area contributed by atoms with E-state index in [0.29, 0.717) is 31.1 Å². The lowest BCUT2D eigenvalue weighted by Gasteiger charge is -2.26. The number of para-hydroxylation sites is 1. The normalized spacial score (nSPS) is 13.3. The van der Waals surface area contributed by atoms with Crippen molar-refractivity contribution in [2.75, 3.05) is 13.2 Å². The zero-order chi connectivity index (χ0) is 18.6. The Bertz CT molecular complexity index is 922. The van der Waals surface area contributed by atoms with Gasteiger partial charge in [-0.15, -0.1) is 0 Å². The number of aromatic nitrogens is 1. The van der Waals surface area contributed by atoms with E-state index < -0.39 is 0 Å². The molecule has 27 heavy (non-hydrogen) atoms. The zero-order valence-electron chi connectivity index (χ0n) is 14.7. The number of fused-ring (bicyclic) bond motifs is 1. The fourth-order valence-electron chi connectivity index (χ4n) is 3.20. The van der Waals surface area contributed by atoms with Crippen molar-refractivity contribution >= 4 is 17.5 Å². The Kier molecular flexibility index (Phi) is 5.12. The number of amides is 1. The fraction of sp³-hybridized carbons (Fsp3) is 0.238. The SMILES string of the molecule is O=C(CCOc1ccccc1)N1CCc2c(noc2-c2ccc(Cl)cc2)C1. The van der Waals surface area contributed by atoms with Gasteiger partial charge in [0.25, 0.3) is 0 Å². The predicted octanol–water partition coefficient (Wildman–Crippen LogP) is 4.35. The van der Waals surface area contributed by atoms with E-state index in [1.54, 1.807) is 0 Å². The Morgan fingerprint density at radius 3 is 2.70 bits per heavy atom. The number of carbonyl (C=O) groups excluding carboxylic acids is 1. The summed E-state index contributed by atoms with van der Waals surface area (Å²) in [4.78, 5) is 14.3.